The molecule has 0 amide bonds. The fourth-order valence-corrected chi connectivity index (χ4v) is 1.76. The highest BCUT2D eigenvalue weighted by molar-refractivity contribution is 6.03. The Balaban J connectivity index is 1.94. The average molecular weight is 263 g/mol. The highest BCUT2D eigenvalue weighted by atomic mass is 16.7. The summed E-state index contributed by atoms with van der Waals surface area (Å²) in [5.74, 6) is -0.176. The van der Waals surface area contributed by atoms with E-state index in [0.29, 0.717) is 18.7 Å². The molecule has 1 N–H and O–H groups in total. The van der Waals surface area contributed by atoms with E-state index < -0.39 is 12.1 Å². The second kappa shape index (κ2) is 6.22. The summed E-state index contributed by atoms with van der Waals surface area (Å²) in [6.45, 7) is 2.82. The lowest BCUT2D eigenvalue weighted by atomic mass is 10.1. The molecule has 0 saturated heterocycles. The molecule has 5 nitrogen and oxygen atoms in total. The Morgan fingerprint density at radius 3 is 2.79 bits per heavy atom. The number of carbonyl (C=O) groups is 1. The standard InChI is InChI=1S/C14H17NO4/c1-2-3-8-18-11-6-4-10(5-7-11)12-9-13(14(16)17)19-15-12/h4-7,13H,2-3,8-9H2,1H3,(H,16,17). The molecule has 0 saturated carbocycles. The van der Waals surface area contributed by atoms with E-state index in [2.05, 4.69) is 12.1 Å². The molecule has 0 radical (unpaired) electrons. The van der Waals surface area contributed by atoms with Crippen LogP contribution >= 0.6 is 0 Å². The molecule has 1 aliphatic rings. The van der Waals surface area contributed by atoms with Crippen molar-refractivity contribution in [1.82, 2.24) is 0 Å². The van der Waals surface area contributed by atoms with Crippen molar-refractivity contribution in [3.8, 4) is 5.75 Å². The number of unbranched alkanes of at least 4 members (excludes halogenated alkanes) is 1. The number of oxime groups is 1. The van der Waals surface area contributed by atoms with Crippen LogP contribution in [-0.2, 0) is 9.63 Å². The second-order valence-electron chi connectivity index (χ2n) is 4.40. The lowest BCUT2D eigenvalue weighted by Gasteiger charge is -2.06. The molecule has 1 aliphatic heterocycles. The number of rotatable bonds is 6. The minimum atomic E-state index is -0.988. The summed E-state index contributed by atoms with van der Waals surface area (Å²) in [5.41, 5.74) is 1.53. The topological polar surface area (TPSA) is 68.1 Å². The van der Waals surface area contributed by atoms with Crippen molar-refractivity contribution in [3.05, 3.63) is 29.8 Å². The van der Waals surface area contributed by atoms with Crippen molar-refractivity contribution < 1.29 is 19.5 Å². The summed E-state index contributed by atoms with van der Waals surface area (Å²) in [5, 5.41) is 12.6. The summed E-state index contributed by atoms with van der Waals surface area (Å²) < 4.78 is 5.56. The quantitative estimate of drug-likeness (QED) is 0.800. The molecular formula is C14H17NO4. The number of carboxylic acid groups (broad SMARTS) is 1. The minimum Gasteiger partial charge on any atom is -0.494 e. The third kappa shape index (κ3) is 3.47. The maximum atomic E-state index is 10.8. The van der Waals surface area contributed by atoms with Crippen LogP contribution in [0.5, 0.6) is 5.75 Å². The van der Waals surface area contributed by atoms with Gasteiger partial charge < -0.3 is 14.7 Å². The van der Waals surface area contributed by atoms with Crippen molar-refractivity contribution in [3.63, 3.8) is 0 Å². The SMILES string of the molecule is CCCCOc1ccc(C2=NOC(C(=O)O)C2)cc1. The van der Waals surface area contributed by atoms with Crippen LogP contribution in [-0.4, -0.2) is 29.5 Å². The fraction of sp³-hybridized carbons (Fsp3) is 0.429. The number of nitrogens with zero attached hydrogens (tertiary/aromatic N) is 1. The Kier molecular flexibility index (Phi) is 4.39. The van der Waals surface area contributed by atoms with E-state index in [4.69, 9.17) is 14.7 Å². The van der Waals surface area contributed by atoms with Gasteiger partial charge in [-0.1, -0.05) is 18.5 Å². The molecule has 0 aliphatic carbocycles. The molecule has 19 heavy (non-hydrogen) atoms. The zero-order chi connectivity index (χ0) is 13.7. The number of carboxylic acids is 1. The lowest BCUT2D eigenvalue weighted by molar-refractivity contribution is -0.148. The summed E-state index contributed by atoms with van der Waals surface area (Å²) in [4.78, 5) is 15.6. The van der Waals surface area contributed by atoms with Gasteiger partial charge in [0.1, 0.15) is 5.75 Å². The van der Waals surface area contributed by atoms with Crippen LogP contribution in [0.15, 0.2) is 29.4 Å². The largest absolute Gasteiger partial charge is 0.494 e. The van der Waals surface area contributed by atoms with Crippen LogP contribution in [0.2, 0.25) is 0 Å². The third-order valence-electron chi connectivity index (χ3n) is 2.90. The Hall–Kier alpha value is -2.04. The van der Waals surface area contributed by atoms with Gasteiger partial charge in [0, 0.05) is 6.42 Å². The van der Waals surface area contributed by atoms with E-state index in [0.717, 1.165) is 24.2 Å². The lowest BCUT2D eigenvalue weighted by Crippen LogP contribution is -2.19. The molecule has 1 aromatic rings. The van der Waals surface area contributed by atoms with Crippen LogP contribution in [0.4, 0.5) is 0 Å². The third-order valence-corrected chi connectivity index (χ3v) is 2.90. The fourth-order valence-electron chi connectivity index (χ4n) is 1.76. The van der Waals surface area contributed by atoms with Crippen molar-refractivity contribution in [1.29, 1.82) is 0 Å². The zero-order valence-corrected chi connectivity index (χ0v) is 10.8. The summed E-state index contributed by atoms with van der Waals surface area (Å²) in [7, 11) is 0. The number of aliphatic carboxylic acids is 1. The van der Waals surface area contributed by atoms with E-state index in [1.54, 1.807) is 0 Å². The van der Waals surface area contributed by atoms with E-state index in [-0.39, 0.29) is 0 Å². The highest BCUT2D eigenvalue weighted by Crippen LogP contribution is 2.19. The highest BCUT2D eigenvalue weighted by Gasteiger charge is 2.28. The van der Waals surface area contributed by atoms with Crippen molar-refractivity contribution in [2.45, 2.75) is 32.3 Å². The second-order valence-corrected chi connectivity index (χ2v) is 4.40. The summed E-state index contributed by atoms with van der Waals surface area (Å²) in [6.07, 6.45) is 1.56. The molecule has 0 bridgehead atoms. The molecule has 1 unspecified atom stereocenters. The normalized spacial score (nSPS) is 17.7. The Bertz CT molecular complexity index is 467. The maximum Gasteiger partial charge on any atom is 0.348 e. The number of hydrogen-bond acceptors (Lipinski definition) is 4. The Labute approximate surface area is 111 Å². The molecule has 102 valence electrons. The molecule has 0 spiro atoms. The molecule has 1 atom stereocenters. The first-order chi connectivity index (χ1) is 9.20. The van der Waals surface area contributed by atoms with Crippen molar-refractivity contribution >= 4 is 11.7 Å². The number of hydrogen-bond donors (Lipinski definition) is 1. The van der Waals surface area contributed by atoms with Gasteiger partial charge in [-0.25, -0.2) is 4.79 Å². The van der Waals surface area contributed by atoms with Crippen LogP contribution in [0.25, 0.3) is 0 Å². The van der Waals surface area contributed by atoms with E-state index >= 15 is 0 Å². The predicted octanol–water partition coefficient (Wildman–Crippen LogP) is 2.44. The maximum absolute atomic E-state index is 10.8. The number of benzene rings is 1. The smallest absolute Gasteiger partial charge is 0.348 e. The monoisotopic (exact) mass is 263 g/mol. The van der Waals surface area contributed by atoms with Crippen LogP contribution in [0.3, 0.4) is 0 Å². The average Bonchev–Trinajstić information content (AvgIpc) is 2.90. The molecule has 2 rings (SSSR count). The zero-order valence-electron chi connectivity index (χ0n) is 10.8. The van der Waals surface area contributed by atoms with Gasteiger partial charge >= 0.3 is 5.97 Å². The van der Waals surface area contributed by atoms with Gasteiger partial charge in [0.25, 0.3) is 0 Å². The minimum absolute atomic E-state index is 0.297. The van der Waals surface area contributed by atoms with Crippen LogP contribution < -0.4 is 4.74 Å². The van der Waals surface area contributed by atoms with Gasteiger partial charge in [-0.3, -0.25) is 0 Å². The summed E-state index contributed by atoms with van der Waals surface area (Å²) >= 11 is 0. The Morgan fingerprint density at radius 1 is 1.47 bits per heavy atom. The van der Waals surface area contributed by atoms with Gasteiger partial charge in [-0.05, 0) is 36.2 Å². The van der Waals surface area contributed by atoms with Gasteiger partial charge in [0.15, 0.2) is 0 Å². The predicted molar refractivity (Wildman–Crippen MR) is 70.5 cm³/mol. The van der Waals surface area contributed by atoms with Gasteiger partial charge in [0.2, 0.25) is 6.10 Å². The molecule has 1 heterocycles. The van der Waals surface area contributed by atoms with Gasteiger partial charge in [0.05, 0.1) is 12.3 Å². The van der Waals surface area contributed by atoms with Crippen molar-refractivity contribution in [2.75, 3.05) is 6.61 Å². The molecular weight excluding hydrogens is 246 g/mol. The first-order valence-electron chi connectivity index (χ1n) is 6.39. The molecule has 0 aromatic heterocycles. The molecule has 0 fully saturated rings. The molecule has 5 heteroatoms. The van der Waals surface area contributed by atoms with Gasteiger partial charge in [-0.2, -0.15) is 0 Å². The Morgan fingerprint density at radius 2 is 2.21 bits per heavy atom. The van der Waals surface area contributed by atoms with E-state index in [9.17, 15) is 4.79 Å². The first-order valence-corrected chi connectivity index (χ1v) is 6.39. The summed E-state index contributed by atoms with van der Waals surface area (Å²) in [6, 6.07) is 7.46. The van der Waals surface area contributed by atoms with Gasteiger partial charge in [-0.15, -0.1) is 0 Å². The number of ether oxygens (including phenoxy) is 1. The van der Waals surface area contributed by atoms with E-state index in [1.807, 2.05) is 24.3 Å². The van der Waals surface area contributed by atoms with E-state index in [1.165, 1.54) is 0 Å². The first kappa shape index (κ1) is 13.4. The van der Waals surface area contributed by atoms with Crippen LogP contribution in [0.1, 0.15) is 31.7 Å². The molecule has 1 aromatic carbocycles. The van der Waals surface area contributed by atoms with Crippen molar-refractivity contribution in [2.24, 2.45) is 5.16 Å². The van der Waals surface area contributed by atoms with Crippen LogP contribution in [0, 0.1) is 0 Å².